The van der Waals surface area contributed by atoms with Crippen LogP contribution in [0.1, 0.15) is 19.5 Å². The van der Waals surface area contributed by atoms with Gasteiger partial charge in [-0.05, 0) is 13.8 Å². The van der Waals surface area contributed by atoms with E-state index in [1.165, 1.54) is 0 Å². The van der Waals surface area contributed by atoms with E-state index in [1.54, 1.807) is 11.3 Å². The summed E-state index contributed by atoms with van der Waals surface area (Å²) in [7, 11) is 1.92. The topological polar surface area (TPSA) is 54.5 Å². The van der Waals surface area contributed by atoms with Crippen LogP contribution in [0.5, 0.6) is 0 Å². The summed E-state index contributed by atoms with van der Waals surface area (Å²) in [6.07, 6.45) is 0. The van der Waals surface area contributed by atoms with E-state index in [4.69, 9.17) is 5.73 Å². The molecule has 14 heavy (non-hydrogen) atoms. The van der Waals surface area contributed by atoms with Crippen LogP contribution < -0.4 is 5.73 Å². The molecule has 0 bridgehead atoms. The van der Waals surface area contributed by atoms with Gasteiger partial charge in [-0.25, -0.2) is 4.98 Å². The minimum atomic E-state index is 0.230. The molecule has 1 heterocycles. The molecule has 0 aromatic carbocycles. The first-order valence-corrected chi connectivity index (χ1v) is 5.45. The lowest BCUT2D eigenvalue weighted by Gasteiger charge is -2.17. The molecule has 4 nitrogen and oxygen atoms in total. The highest BCUT2D eigenvalue weighted by Crippen LogP contribution is 2.03. The highest BCUT2D eigenvalue weighted by atomic mass is 32.1. The smallest absolute Gasteiger partial charge is 0.191 e. The van der Waals surface area contributed by atoms with Gasteiger partial charge in [0.2, 0.25) is 0 Å². The SMILES string of the molecule is CC(C)N=C(N)N(C)Cc1cscn1. The molecule has 0 aliphatic rings. The quantitative estimate of drug-likeness (QED) is 0.607. The summed E-state index contributed by atoms with van der Waals surface area (Å²) >= 11 is 1.59. The van der Waals surface area contributed by atoms with E-state index in [0.717, 1.165) is 5.69 Å². The van der Waals surface area contributed by atoms with Gasteiger partial charge in [-0.2, -0.15) is 0 Å². The molecular weight excluding hydrogens is 196 g/mol. The number of nitrogens with two attached hydrogens (primary N) is 1. The molecule has 0 aliphatic carbocycles. The Morgan fingerprint density at radius 3 is 2.93 bits per heavy atom. The molecule has 1 rings (SSSR count). The molecule has 0 atom stereocenters. The van der Waals surface area contributed by atoms with E-state index in [2.05, 4.69) is 9.98 Å². The van der Waals surface area contributed by atoms with Crippen molar-refractivity contribution in [1.29, 1.82) is 0 Å². The zero-order valence-electron chi connectivity index (χ0n) is 8.77. The molecule has 0 saturated heterocycles. The largest absolute Gasteiger partial charge is 0.370 e. The first-order chi connectivity index (χ1) is 6.59. The Hall–Kier alpha value is -1.10. The lowest BCUT2D eigenvalue weighted by Crippen LogP contribution is -2.34. The van der Waals surface area contributed by atoms with E-state index >= 15 is 0 Å². The molecule has 0 aliphatic heterocycles. The van der Waals surface area contributed by atoms with Crippen molar-refractivity contribution in [2.75, 3.05) is 7.05 Å². The second-order valence-corrected chi connectivity index (χ2v) is 4.14. The molecule has 0 unspecified atom stereocenters. The lowest BCUT2D eigenvalue weighted by atomic mass is 10.4. The highest BCUT2D eigenvalue weighted by Gasteiger charge is 2.04. The number of thiazole rings is 1. The summed E-state index contributed by atoms with van der Waals surface area (Å²) in [6.45, 7) is 4.72. The van der Waals surface area contributed by atoms with Gasteiger partial charge < -0.3 is 10.6 Å². The summed E-state index contributed by atoms with van der Waals surface area (Å²) in [6, 6.07) is 0.230. The molecule has 1 aromatic rings. The minimum Gasteiger partial charge on any atom is -0.370 e. The van der Waals surface area contributed by atoms with Crippen molar-refractivity contribution in [1.82, 2.24) is 9.88 Å². The summed E-state index contributed by atoms with van der Waals surface area (Å²) in [5.74, 6) is 0.563. The third-order valence-electron chi connectivity index (χ3n) is 1.66. The average Bonchev–Trinajstić information content (AvgIpc) is 2.55. The molecule has 1 aromatic heterocycles. The molecular formula is C9H16N4S. The molecule has 0 amide bonds. The Morgan fingerprint density at radius 2 is 2.43 bits per heavy atom. The minimum absolute atomic E-state index is 0.230. The number of guanidine groups is 1. The number of hydrogen-bond acceptors (Lipinski definition) is 3. The van der Waals surface area contributed by atoms with Crippen molar-refractivity contribution in [3.8, 4) is 0 Å². The average molecular weight is 212 g/mol. The van der Waals surface area contributed by atoms with Gasteiger partial charge >= 0.3 is 0 Å². The van der Waals surface area contributed by atoms with E-state index in [1.807, 2.05) is 36.7 Å². The van der Waals surface area contributed by atoms with Crippen LogP contribution in [0.15, 0.2) is 15.9 Å². The van der Waals surface area contributed by atoms with Crippen LogP contribution in [0.2, 0.25) is 0 Å². The fourth-order valence-corrected chi connectivity index (χ4v) is 1.55. The zero-order chi connectivity index (χ0) is 10.6. The van der Waals surface area contributed by atoms with Crippen LogP contribution in [-0.2, 0) is 6.54 Å². The van der Waals surface area contributed by atoms with Gasteiger partial charge in [0, 0.05) is 18.5 Å². The Morgan fingerprint density at radius 1 is 1.71 bits per heavy atom. The second-order valence-electron chi connectivity index (χ2n) is 3.42. The third kappa shape index (κ3) is 3.33. The predicted molar refractivity (Wildman–Crippen MR) is 60.3 cm³/mol. The maximum absolute atomic E-state index is 5.79. The Labute approximate surface area is 88.5 Å². The molecule has 0 spiro atoms. The van der Waals surface area contributed by atoms with Crippen LogP contribution in [0.3, 0.4) is 0 Å². The van der Waals surface area contributed by atoms with Crippen LogP contribution in [0.25, 0.3) is 0 Å². The van der Waals surface area contributed by atoms with Gasteiger partial charge in [0.05, 0.1) is 17.7 Å². The standard InChI is InChI=1S/C9H16N4S/c1-7(2)12-9(10)13(3)4-8-5-14-6-11-8/h5-7H,4H2,1-3H3,(H2,10,12). The van der Waals surface area contributed by atoms with Crippen molar-refractivity contribution < 1.29 is 0 Å². The molecule has 5 heteroatoms. The predicted octanol–water partition coefficient (Wildman–Crippen LogP) is 1.30. The van der Waals surface area contributed by atoms with Gasteiger partial charge in [0.25, 0.3) is 0 Å². The van der Waals surface area contributed by atoms with Crippen molar-refractivity contribution in [3.63, 3.8) is 0 Å². The summed E-state index contributed by atoms with van der Waals surface area (Å²) < 4.78 is 0. The molecule has 2 N–H and O–H groups in total. The van der Waals surface area contributed by atoms with Crippen molar-refractivity contribution in [2.24, 2.45) is 10.7 Å². The molecule has 0 radical (unpaired) electrons. The van der Waals surface area contributed by atoms with Crippen molar-refractivity contribution in [2.45, 2.75) is 26.4 Å². The number of hydrogen-bond donors (Lipinski definition) is 1. The monoisotopic (exact) mass is 212 g/mol. The molecule has 78 valence electrons. The van der Waals surface area contributed by atoms with Gasteiger partial charge in [0.1, 0.15) is 0 Å². The van der Waals surface area contributed by atoms with Gasteiger partial charge in [-0.1, -0.05) is 0 Å². The van der Waals surface area contributed by atoms with Crippen molar-refractivity contribution in [3.05, 3.63) is 16.6 Å². The first kappa shape index (κ1) is 11.0. The second kappa shape index (κ2) is 4.95. The number of rotatable bonds is 3. The van der Waals surface area contributed by atoms with Crippen LogP contribution in [0.4, 0.5) is 0 Å². The lowest BCUT2D eigenvalue weighted by molar-refractivity contribution is 0.483. The fourth-order valence-electron chi connectivity index (χ4n) is 1.00. The summed E-state index contributed by atoms with van der Waals surface area (Å²) in [5, 5.41) is 2.01. The van der Waals surface area contributed by atoms with Gasteiger partial charge in [-0.3, -0.25) is 4.99 Å². The Kier molecular flexibility index (Phi) is 3.88. The number of nitrogens with zero attached hydrogens (tertiary/aromatic N) is 3. The zero-order valence-corrected chi connectivity index (χ0v) is 9.58. The van der Waals surface area contributed by atoms with E-state index < -0.39 is 0 Å². The van der Waals surface area contributed by atoms with Crippen LogP contribution >= 0.6 is 11.3 Å². The van der Waals surface area contributed by atoms with Crippen LogP contribution in [-0.4, -0.2) is 28.9 Å². The van der Waals surface area contributed by atoms with Gasteiger partial charge in [-0.15, -0.1) is 11.3 Å². The van der Waals surface area contributed by atoms with E-state index in [0.29, 0.717) is 12.5 Å². The normalized spacial score (nSPS) is 12.1. The van der Waals surface area contributed by atoms with Crippen molar-refractivity contribution >= 4 is 17.3 Å². The summed E-state index contributed by atoms with van der Waals surface area (Å²) in [5.41, 5.74) is 8.63. The number of aromatic nitrogens is 1. The maximum Gasteiger partial charge on any atom is 0.191 e. The maximum atomic E-state index is 5.79. The van der Waals surface area contributed by atoms with E-state index in [-0.39, 0.29) is 6.04 Å². The number of aliphatic imine (C=N–C) groups is 1. The Bertz CT molecular complexity index is 292. The van der Waals surface area contributed by atoms with Gasteiger partial charge in [0.15, 0.2) is 5.96 Å². The third-order valence-corrected chi connectivity index (χ3v) is 2.30. The van der Waals surface area contributed by atoms with E-state index in [9.17, 15) is 0 Å². The Balaban J connectivity index is 2.54. The van der Waals surface area contributed by atoms with Crippen LogP contribution in [0, 0.1) is 0 Å². The summed E-state index contributed by atoms with van der Waals surface area (Å²) in [4.78, 5) is 10.3. The first-order valence-electron chi connectivity index (χ1n) is 4.51. The fraction of sp³-hybridized carbons (Fsp3) is 0.556. The molecule has 0 saturated carbocycles. The highest BCUT2D eigenvalue weighted by molar-refractivity contribution is 7.07. The molecule has 0 fully saturated rings.